The van der Waals surface area contributed by atoms with Crippen LogP contribution in [0.1, 0.15) is 36.5 Å². The maximum absolute atomic E-state index is 12.0. The number of carbonyl (C=O) groups excluding carboxylic acids is 1. The van der Waals surface area contributed by atoms with Gasteiger partial charge in [-0.15, -0.1) is 0 Å². The van der Waals surface area contributed by atoms with Crippen molar-refractivity contribution < 1.29 is 14.3 Å². The summed E-state index contributed by atoms with van der Waals surface area (Å²) in [7, 11) is 0. The first-order valence-corrected chi connectivity index (χ1v) is 11.3. The Labute approximate surface area is 189 Å². The van der Waals surface area contributed by atoms with Gasteiger partial charge in [-0.1, -0.05) is 65.9 Å². The first kappa shape index (κ1) is 21.9. The molecule has 1 amide bonds. The van der Waals surface area contributed by atoms with Gasteiger partial charge in [-0.25, -0.2) is 0 Å². The van der Waals surface area contributed by atoms with Crippen LogP contribution in [-0.4, -0.2) is 23.4 Å². The average Bonchev–Trinajstić information content (AvgIpc) is 2.97. The molecule has 1 N–H and O–H groups in total. The van der Waals surface area contributed by atoms with Gasteiger partial charge in [0.2, 0.25) is 0 Å². The normalized spacial score (nSPS) is 15.1. The molecule has 3 rings (SSSR count). The molecule has 1 aliphatic heterocycles. The summed E-state index contributed by atoms with van der Waals surface area (Å²) < 4.78 is 13.3. The van der Waals surface area contributed by atoms with Gasteiger partial charge in [-0.2, -0.15) is 0 Å². The van der Waals surface area contributed by atoms with E-state index in [2.05, 4.69) is 60.2 Å². The zero-order chi connectivity index (χ0) is 21.0. The minimum atomic E-state index is -0.185. The summed E-state index contributed by atoms with van der Waals surface area (Å²) in [6.45, 7) is 7.17. The first-order valence-electron chi connectivity index (χ1n) is 9.24. The van der Waals surface area contributed by atoms with E-state index in [4.69, 9.17) is 21.7 Å². The maximum Gasteiger partial charge on any atom is 0.263 e. The van der Waals surface area contributed by atoms with Crippen LogP contribution in [0.3, 0.4) is 0 Å². The molecule has 1 saturated heterocycles. The van der Waals surface area contributed by atoms with Crippen LogP contribution in [0.25, 0.3) is 6.08 Å². The fourth-order valence-electron chi connectivity index (χ4n) is 2.87. The van der Waals surface area contributed by atoms with Gasteiger partial charge in [0.05, 0.1) is 4.91 Å². The van der Waals surface area contributed by atoms with E-state index < -0.39 is 0 Å². The van der Waals surface area contributed by atoms with Crippen LogP contribution in [0, 0.1) is 6.92 Å². The van der Waals surface area contributed by atoms with Gasteiger partial charge in [0.15, 0.2) is 0 Å². The van der Waals surface area contributed by atoms with E-state index in [1.165, 1.54) is 17.3 Å². The van der Waals surface area contributed by atoms with Crippen LogP contribution in [-0.2, 0) is 4.79 Å². The Morgan fingerprint density at radius 3 is 2.52 bits per heavy atom. The lowest BCUT2D eigenvalue weighted by molar-refractivity contribution is -0.115. The monoisotopic (exact) mass is 491 g/mol. The highest BCUT2D eigenvalue weighted by molar-refractivity contribution is 9.10. The second kappa shape index (κ2) is 9.78. The highest BCUT2D eigenvalue weighted by Crippen LogP contribution is 2.31. The van der Waals surface area contributed by atoms with Crippen molar-refractivity contribution >= 4 is 56.2 Å². The quantitative estimate of drug-likeness (QED) is 0.300. The number of halogens is 1. The Morgan fingerprint density at radius 1 is 1.14 bits per heavy atom. The molecule has 4 nitrogen and oxygen atoms in total. The Balaban J connectivity index is 1.68. The molecule has 1 aliphatic rings. The Kier molecular flexibility index (Phi) is 7.38. The minimum absolute atomic E-state index is 0.185. The van der Waals surface area contributed by atoms with Crippen molar-refractivity contribution in [2.45, 2.75) is 26.7 Å². The molecular formula is C22H22BrNO3S2. The SMILES string of the molecule is Cc1ccc(C(C)C)c(OCCOc2ccc(Br)cc2C=C2SC(=S)NC2=O)c1. The van der Waals surface area contributed by atoms with Crippen molar-refractivity contribution in [2.75, 3.05) is 13.2 Å². The summed E-state index contributed by atoms with van der Waals surface area (Å²) in [5.41, 5.74) is 3.16. The molecular weight excluding hydrogens is 470 g/mol. The second-order valence-corrected chi connectivity index (χ2v) is 9.56. The van der Waals surface area contributed by atoms with Gasteiger partial charge in [0.25, 0.3) is 5.91 Å². The number of aryl methyl sites for hydroxylation is 1. The molecule has 1 heterocycles. The van der Waals surface area contributed by atoms with E-state index in [1.54, 1.807) is 6.08 Å². The molecule has 0 radical (unpaired) electrons. The largest absolute Gasteiger partial charge is 0.490 e. The zero-order valence-electron chi connectivity index (χ0n) is 16.5. The molecule has 0 unspecified atom stereocenters. The molecule has 152 valence electrons. The number of hydrogen-bond donors (Lipinski definition) is 1. The molecule has 0 aliphatic carbocycles. The summed E-state index contributed by atoms with van der Waals surface area (Å²) in [6.07, 6.45) is 1.79. The van der Waals surface area contributed by atoms with Crippen molar-refractivity contribution in [3.63, 3.8) is 0 Å². The highest BCUT2D eigenvalue weighted by Gasteiger charge is 2.22. The molecule has 7 heteroatoms. The molecule has 0 spiro atoms. The van der Waals surface area contributed by atoms with E-state index in [1.807, 2.05) is 18.2 Å². The first-order chi connectivity index (χ1) is 13.8. The van der Waals surface area contributed by atoms with Crippen LogP contribution in [0.4, 0.5) is 0 Å². The number of thioether (sulfide) groups is 1. The van der Waals surface area contributed by atoms with E-state index in [-0.39, 0.29) is 5.91 Å². The van der Waals surface area contributed by atoms with Gasteiger partial charge in [0.1, 0.15) is 29.0 Å². The van der Waals surface area contributed by atoms with Crippen molar-refractivity contribution in [3.8, 4) is 11.5 Å². The minimum Gasteiger partial charge on any atom is -0.490 e. The zero-order valence-corrected chi connectivity index (χ0v) is 19.7. The lowest BCUT2D eigenvalue weighted by Gasteiger charge is -2.16. The Hall–Kier alpha value is -1.83. The lowest BCUT2D eigenvalue weighted by Crippen LogP contribution is -2.17. The van der Waals surface area contributed by atoms with E-state index >= 15 is 0 Å². The summed E-state index contributed by atoms with van der Waals surface area (Å²) in [5, 5.41) is 2.63. The van der Waals surface area contributed by atoms with Gasteiger partial charge in [-0.05, 0) is 54.3 Å². The molecule has 1 fully saturated rings. The highest BCUT2D eigenvalue weighted by atomic mass is 79.9. The molecule has 0 aromatic heterocycles. The van der Waals surface area contributed by atoms with E-state index in [0.717, 1.165) is 21.3 Å². The fourth-order valence-corrected chi connectivity index (χ4v) is 4.29. The van der Waals surface area contributed by atoms with Crippen LogP contribution < -0.4 is 14.8 Å². The molecule has 2 aromatic rings. The summed E-state index contributed by atoms with van der Waals surface area (Å²) >= 11 is 9.77. The molecule has 0 bridgehead atoms. The Bertz CT molecular complexity index is 973. The van der Waals surface area contributed by atoms with Gasteiger partial charge < -0.3 is 14.8 Å². The van der Waals surface area contributed by atoms with Crippen LogP contribution >= 0.6 is 39.9 Å². The van der Waals surface area contributed by atoms with Gasteiger partial charge in [-0.3, -0.25) is 4.79 Å². The number of amides is 1. The number of nitrogens with one attached hydrogen (secondary N) is 1. The lowest BCUT2D eigenvalue weighted by atomic mass is 10.0. The summed E-state index contributed by atoms with van der Waals surface area (Å²) in [5.74, 6) is 1.78. The molecule has 0 atom stereocenters. The van der Waals surface area contributed by atoms with Crippen molar-refractivity contribution in [1.82, 2.24) is 5.32 Å². The molecule has 2 aromatic carbocycles. The second-order valence-electron chi connectivity index (χ2n) is 6.93. The maximum atomic E-state index is 12.0. The third-order valence-electron chi connectivity index (χ3n) is 4.29. The summed E-state index contributed by atoms with van der Waals surface area (Å²) in [6, 6.07) is 12.0. The topological polar surface area (TPSA) is 47.6 Å². The third kappa shape index (κ3) is 5.84. The van der Waals surface area contributed by atoms with Crippen molar-refractivity contribution in [1.29, 1.82) is 0 Å². The summed E-state index contributed by atoms with van der Waals surface area (Å²) in [4.78, 5) is 12.5. The predicted molar refractivity (Wildman–Crippen MR) is 127 cm³/mol. The van der Waals surface area contributed by atoms with Crippen molar-refractivity contribution in [2.24, 2.45) is 0 Å². The predicted octanol–water partition coefficient (Wildman–Crippen LogP) is 5.83. The van der Waals surface area contributed by atoms with Crippen LogP contribution in [0.2, 0.25) is 0 Å². The number of rotatable bonds is 7. The van der Waals surface area contributed by atoms with E-state index in [9.17, 15) is 4.79 Å². The number of thiocarbonyl (C=S) groups is 1. The molecule has 0 saturated carbocycles. The smallest absolute Gasteiger partial charge is 0.263 e. The number of ether oxygens (including phenoxy) is 2. The van der Waals surface area contributed by atoms with Gasteiger partial charge in [0, 0.05) is 10.0 Å². The average molecular weight is 492 g/mol. The number of carbonyl (C=O) groups is 1. The number of hydrogen-bond acceptors (Lipinski definition) is 5. The van der Waals surface area contributed by atoms with E-state index in [0.29, 0.717) is 34.1 Å². The van der Waals surface area contributed by atoms with Crippen LogP contribution in [0.15, 0.2) is 45.8 Å². The van der Waals surface area contributed by atoms with Crippen molar-refractivity contribution in [3.05, 3.63) is 62.5 Å². The third-order valence-corrected chi connectivity index (χ3v) is 5.95. The Morgan fingerprint density at radius 2 is 1.86 bits per heavy atom. The van der Waals surface area contributed by atoms with Crippen LogP contribution in [0.5, 0.6) is 11.5 Å². The van der Waals surface area contributed by atoms with Gasteiger partial charge >= 0.3 is 0 Å². The molecule has 29 heavy (non-hydrogen) atoms. The number of benzene rings is 2. The fraction of sp³-hybridized carbons (Fsp3) is 0.273. The standard InChI is InChI=1S/C22H22BrNO3S2/c1-13(2)17-6-4-14(3)10-19(17)27-9-8-26-18-7-5-16(23)11-15(18)12-20-21(25)24-22(28)29-20/h4-7,10-13H,8-9H2,1-3H3,(H,24,25,28).